The molecule has 0 amide bonds. The zero-order valence-corrected chi connectivity index (χ0v) is 11.6. The van der Waals surface area contributed by atoms with Crippen molar-refractivity contribution in [3.63, 3.8) is 0 Å². The number of halogens is 1. The van der Waals surface area contributed by atoms with Crippen LogP contribution >= 0.6 is 0 Å². The second kappa shape index (κ2) is 5.60. The van der Waals surface area contributed by atoms with Crippen molar-refractivity contribution in [2.75, 3.05) is 4.72 Å². The molecule has 106 valence electrons. The summed E-state index contributed by atoms with van der Waals surface area (Å²) in [7, 11) is -3.85. The van der Waals surface area contributed by atoms with Gasteiger partial charge in [0.2, 0.25) is 0 Å². The summed E-state index contributed by atoms with van der Waals surface area (Å²) in [6.07, 6.45) is 0. The van der Waals surface area contributed by atoms with Gasteiger partial charge in [-0.15, -0.1) is 0 Å². The predicted octanol–water partition coefficient (Wildman–Crippen LogP) is 2.43. The third-order valence-electron chi connectivity index (χ3n) is 2.79. The molecule has 0 aromatic heterocycles. The summed E-state index contributed by atoms with van der Waals surface area (Å²) in [6.45, 7) is 1.55. The monoisotopic (exact) mass is 295 g/mol. The maximum absolute atomic E-state index is 13.7. The number of rotatable bonds is 4. The molecule has 2 aromatic carbocycles. The number of hydrogen-bond acceptors (Lipinski definition) is 3. The minimum absolute atomic E-state index is 0.00896. The highest BCUT2D eigenvalue weighted by molar-refractivity contribution is 7.92. The highest BCUT2D eigenvalue weighted by Gasteiger charge is 2.16. The topological polar surface area (TPSA) is 66.4 Å². The van der Waals surface area contributed by atoms with E-state index in [1.54, 1.807) is 13.0 Å². The SMILES string of the molecule is Cc1ccc(NS(=O)(=O)c2ccc(CO)cc2)c(F)c1. The highest BCUT2D eigenvalue weighted by atomic mass is 32.2. The Bertz CT molecular complexity index is 712. The first-order valence-corrected chi connectivity index (χ1v) is 7.39. The third-order valence-corrected chi connectivity index (χ3v) is 4.17. The minimum Gasteiger partial charge on any atom is -0.392 e. The molecule has 4 nitrogen and oxygen atoms in total. The fraction of sp³-hybridized carbons (Fsp3) is 0.143. The predicted molar refractivity (Wildman–Crippen MR) is 74.3 cm³/mol. The molecular weight excluding hydrogens is 281 g/mol. The molecule has 0 radical (unpaired) electrons. The molecule has 2 rings (SSSR count). The lowest BCUT2D eigenvalue weighted by atomic mass is 10.2. The van der Waals surface area contributed by atoms with Gasteiger partial charge in [-0.3, -0.25) is 4.72 Å². The number of anilines is 1. The van der Waals surface area contributed by atoms with E-state index in [4.69, 9.17) is 5.11 Å². The van der Waals surface area contributed by atoms with Gasteiger partial charge in [0.05, 0.1) is 17.2 Å². The Labute approximate surface area is 116 Å². The summed E-state index contributed by atoms with van der Waals surface area (Å²) in [5.74, 6) is -0.624. The zero-order valence-electron chi connectivity index (χ0n) is 10.8. The first kappa shape index (κ1) is 14.5. The van der Waals surface area contributed by atoms with Gasteiger partial charge in [0.1, 0.15) is 5.82 Å². The molecule has 6 heteroatoms. The van der Waals surface area contributed by atoms with Gasteiger partial charge in [-0.25, -0.2) is 12.8 Å². The standard InChI is InChI=1S/C14H14FNO3S/c1-10-2-7-14(13(15)8-10)16-20(18,19)12-5-3-11(9-17)4-6-12/h2-8,16-17H,9H2,1H3. The molecule has 0 aliphatic rings. The molecule has 0 spiro atoms. The molecule has 0 unspecified atom stereocenters. The van der Waals surface area contributed by atoms with Gasteiger partial charge >= 0.3 is 0 Å². The number of aryl methyl sites for hydroxylation is 1. The molecule has 0 saturated heterocycles. The molecule has 2 N–H and O–H groups in total. The summed E-state index contributed by atoms with van der Waals surface area (Å²) >= 11 is 0. The third kappa shape index (κ3) is 3.15. The van der Waals surface area contributed by atoms with E-state index in [-0.39, 0.29) is 17.2 Å². The molecule has 0 atom stereocenters. The van der Waals surface area contributed by atoms with Gasteiger partial charge in [-0.1, -0.05) is 18.2 Å². The normalized spacial score (nSPS) is 11.3. The van der Waals surface area contributed by atoms with Crippen molar-refractivity contribution < 1.29 is 17.9 Å². The van der Waals surface area contributed by atoms with E-state index < -0.39 is 15.8 Å². The van der Waals surface area contributed by atoms with Crippen molar-refractivity contribution in [3.05, 3.63) is 59.4 Å². The summed E-state index contributed by atoms with van der Waals surface area (Å²) in [5.41, 5.74) is 1.21. The minimum atomic E-state index is -3.85. The van der Waals surface area contributed by atoms with Crippen LogP contribution in [0.2, 0.25) is 0 Å². The number of benzene rings is 2. The summed E-state index contributed by atoms with van der Waals surface area (Å²) in [6, 6.07) is 9.98. The molecule has 2 aromatic rings. The Morgan fingerprint density at radius 2 is 1.80 bits per heavy atom. The number of aliphatic hydroxyl groups excluding tert-OH is 1. The Kier molecular flexibility index (Phi) is 4.06. The average molecular weight is 295 g/mol. The van der Waals surface area contributed by atoms with E-state index in [0.717, 1.165) is 0 Å². The van der Waals surface area contributed by atoms with Gasteiger partial charge in [0.15, 0.2) is 0 Å². The van der Waals surface area contributed by atoms with Gasteiger partial charge in [-0.2, -0.15) is 0 Å². The average Bonchev–Trinajstić information content (AvgIpc) is 2.42. The largest absolute Gasteiger partial charge is 0.392 e. The van der Waals surface area contributed by atoms with E-state index in [9.17, 15) is 12.8 Å². The first-order valence-electron chi connectivity index (χ1n) is 5.91. The Balaban J connectivity index is 2.30. The van der Waals surface area contributed by atoms with Crippen LogP contribution < -0.4 is 4.72 Å². The van der Waals surface area contributed by atoms with Gasteiger partial charge in [0, 0.05) is 0 Å². The van der Waals surface area contributed by atoms with Crippen LogP contribution in [0.15, 0.2) is 47.4 Å². The van der Waals surface area contributed by atoms with Crippen LogP contribution in [0.1, 0.15) is 11.1 Å². The maximum atomic E-state index is 13.7. The molecule has 0 aliphatic carbocycles. The van der Waals surface area contributed by atoms with Crippen LogP contribution in [0.5, 0.6) is 0 Å². The molecule has 0 saturated carbocycles. The van der Waals surface area contributed by atoms with Gasteiger partial charge in [0.25, 0.3) is 10.0 Å². The van der Waals surface area contributed by atoms with Crippen molar-refractivity contribution >= 4 is 15.7 Å². The second-order valence-corrected chi connectivity index (χ2v) is 6.07. The Hall–Kier alpha value is -1.92. The molecule has 0 heterocycles. The lowest BCUT2D eigenvalue weighted by Gasteiger charge is -2.09. The van der Waals surface area contributed by atoms with Crippen molar-refractivity contribution in [1.82, 2.24) is 0 Å². The van der Waals surface area contributed by atoms with E-state index in [1.165, 1.54) is 36.4 Å². The number of nitrogens with one attached hydrogen (secondary N) is 1. The van der Waals surface area contributed by atoms with E-state index in [0.29, 0.717) is 11.1 Å². The Morgan fingerprint density at radius 1 is 1.15 bits per heavy atom. The van der Waals surface area contributed by atoms with Crippen molar-refractivity contribution in [2.45, 2.75) is 18.4 Å². The van der Waals surface area contributed by atoms with Crippen LogP contribution in [0, 0.1) is 12.7 Å². The molecule has 0 fully saturated rings. The number of aliphatic hydroxyl groups is 1. The first-order chi connectivity index (χ1) is 9.42. The van der Waals surface area contributed by atoms with Gasteiger partial charge in [-0.05, 0) is 42.3 Å². The maximum Gasteiger partial charge on any atom is 0.261 e. The van der Waals surface area contributed by atoms with Crippen LogP contribution in [-0.2, 0) is 16.6 Å². The van der Waals surface area contributed by atoms with Crippen LogP contribution in [0.3, 0.4) is 0 Å². The van der Waals surface area contributed by atoms with Crippen molar-refractivity contribution in [2.24, 2.45) is 0 Å². The van der Waals surface area contributed by atoms with E-state index in [1.807, 2.05) is 0 Å². The molecule has 0 bridgehead atoms. The van der Waals surface area contributed by atoms with Crippen molar-refractivity contribution in [3.8, 4) is 0 Å². The highest BCUT2D eigenvalue weighted by Crippen LogP contribution is 2.20. The van der Waals surface area contributed by atoms with Gasteiger partial charge < -0.3 is 5.11 Å². The number of hydrogen-bond donors (Lipinski definition) is 2. The quantitative estimate of drug-likeness (QED) is 0.910. The fourth-order valence-corrected chi connectivity index (χ4v) is 2.75. The van der Waals surface area contributed by atoms with E-state index >= 15 is 0 Å². The summed E-state index contributed by atoms with van der Waals surface area (Å²) in [4.78, 5) is 0.00896. The zero-order chi connectivity index (χ0) is 14.8. The van der Waals surface area contributed by atoms with E-state index in [2.05, 4.69) is 4.72 Å². The lowest BCUT2D eigenvalue weighted by Crippen LogP contribution is -2.14. The smallest absolute Gasteiger partial charge is 0.261 e. The summed E-state index contributed by atoms with van der Waals surface area (Å²) in [5, 5.41) is 8.91. The van der Waals surface area contributed by atoms with Crippen molar-refractivity contribution in [1.29, 1.82) is 0 Å². The van der Waals surface area contributed by atoms with Crippen LogP contribution in [0.4, 0.5) is 10.1 Å². The number of sulfonamides is 1. The molecule has 0 aliphatic heterocycles. The Morgan fingerprint density at radius 3 is 2.35 bits per heavy atom. The fourth-order valence-electron chi connectivity index (χ4n) is 1.68. The van der Waals surface area contributed by atoms with Crippen LogP contribution in [0.25, 0.3) is 0 Å². The summed E-state index contributed by atoms with van der Waals surface area (Å²) < 4.78 is 40.1. The second-order valence-electron chi connectivity index (χ2n) is 4.39. The van der Waals surface area contributed by atoms with Crippen LogP contribution in [-0.4, -0.2) is 13.5 Å². The molecular formula is C14H14FNO3S. The molecule has 20 heavy (non-hydrogen) atoms. The lowest BCUT2D eigenvalue weighted by molar-refractivity contribution is 0.282.